The molecule has 0 atom stereocenters. The molecule has 4 aromatic rings. The zero-order valence-electron chi connectivity index (χ0n) is 18.3. The Morgan fingerprint density at radius 2 is 1.64 bits per heavy atom. The Morgan fingerprint density at radius 1 is 1.00 bits per heavy atom. The van der Waals surface area contributed by atoms with E-state index in [4.69, 9.17) is 0 Å². The summed E-state index contributed by atoms with van der Waals surface area (Å²) in [7, 11) is 0. The summed E-state index contributed by atoms with van der Waals surface area (Å²) in [5.74, 6) is -0.851. The van der Waals surface area contributed by atoms with Gasteiger partial charge in [-0.25, -0.2) is 18.3 Å². The van der Waals surface area contributed by atoms with Crippen LogP contribution >= 0.6 is 0 Å². The van der Waals surface area contributed by atoms with Crippen LogP contribution in [0.15, 0.2) is 60.8 Å². The first-order chi connectivity index (χ1) is 15.8. The largest absolute Gasteiger partial charge is 0.330 e. The van der Waals surface area contributed by atoms with Crippen molar-refractivity contribution < 1.29 is 13.6 Å². The SMILES string of the molecule is CC1(C)CNCCN1C(=O)c1cn2nc(-c3ccc(F)cc3)cc(-c3ccc(F)cc3)c2n1. The third-order valence-electron chi connectivity index (χ3n) is 5.99. The maximum atomic E-state index is 13.6. The zero-order valence-corrected chi connectivity index (χ0v) is 18.3. The summed E-state index contributed by atoms with van der Waals surface area (Å²) in [4.78, 5) is 19.8. The number of carbonyl (C=O) groups excluding carboxylic acids is 1. The van der Waals surface area contributed by atoms with Crippen molar-refractivity contribution in [2.75, 3.05) is 19.6 Å². The Kier molecular flexibility index (Phi) is 5.17. The van der Waals surface area contributed by atoms with Crippen molar-refractivity contribution in [1.29, 1.82) is 0 Å². The average Bonchev–Trinajstić information content (AvgIpc) is 3.23. The topological polar surface area (TPSA) is 62.5 Å². The molecule has 0 unspecified atom stereocenters. The minimum absolute atomic E-state index is 0.166. The van der Waals surface area contributed by atoms with Gasteiger partial charge in [-0.05, 0) is 61.9 Å². The van der Waals surface area contributed by atoms with Gasteiger partial charge in [0.25, 0.3) is 5.91 Å². The molecule has 1 N–H and O–H groups in total. The molecule has 5 rings (SSSR count). The van der Waals surface area contributed by atoms with E-state index < -0.39 is 0 Å². The number of nitrogens with one attached hydrogen (secondary N) is 1. The number of rotatable bonds is 3. The van der Waals surface area contributed by atoms with Crippen LogP contribution in [0.1, 0.15) is 24.3 Å². The molecule has 0 radical (unpaired) electrons. The molecule has 0 saturated carbocycles. The fourth-order valence-corrected chi connectivity index (χ4v) is 4.18. The van der Waals surface area contributed by atoms with E-state index in [2.05, 4.69) is 15.4 Å². The Bertz CT molecular complexity index is 1330. The number of imidazole rings is 1. The number of nitrogens with zero attached hydrogens (tertiary/aromatic N) is 4. The second-order valence-electron chi connectivity index (χ2n) is 8.80. The molecular formula is C25H23F2N5O. The van der Waals surface area contributed by atoms with Crippen LogP contribution in [-0.2, 0) is 0 Å². The van der Waals surface area contributed by atoms with Crippen LogP contribution in [0.5, 0.6) is 0 Å². The standard InChI is InChI=1S/C25H23F2N5O/c1-25(2)15-28-11-12-31(25)24(33)22-14-32-23(29-22)20(16-3-7-18(26)8-4-16)13-21(30-32)17-5-9-19(27)10-6-17/h3-10,13-14,28H,11-12,15H2,1-2H3. The van der Waals surface area contributed by atoms with Crippen molar-refractivity contribution in [2.45, 2.75) is 19.4 Å². The molecule has 0 aliphatic carbocycles. The Labute approximate surface area is 189 Å². The number of benzene rings is 2. The maximum Gasteiger partial charge on any atom is 0.274 e. The number of aromatic nitrogens is 3. The molecule has 2 aromatic carbocycles. The highest BCUT2D eigenvalue weighted by Crippen LogP contribution is 2.29. The van der Waals surface area contributed by atoms with Crippen molar-refractivity contribution in [3.63, 3.8) is 0 Å². The average molecular weight is 447 g/mol. The van der Waals surface area contributed by atoms with Gasteiger partial charge in [0.2, 0.25) is 0 Å². The molecule has 2 aromatic heterocycles. The number of halogens is 2. The lowest BCUT2D eigenvalue weighted by Crippen LogP contribution is -2.59. The minimum atomic E-state index is -0.350. The van der Waals surface area contributed by atoms with Crippen LogP contribution in [0.3, 0.4) is 0 Å². The van der Waals surface area contributed by atoms with Gasteiger partial charge in [-0.2, -0.15) is 5.10 Å². The number of carbonyl (C=O) groups is 1. The molecule has 1 fully saturated rings. The number of hydrogen-bond donors (Lipinski definition) is 1. The zero-order chi connectivity index (χ0) is 23.2. The normalized spacial score (nSPS) is 15.7. The van der Waals surface area contributed by atoms with Crippen molar-refractivity contribution in [1.82, 2.24) is 24.8 Å². The van der Waals surface area contributed by atoms with E-state index >= 15 is 0 Å². The van der Waals surface area contributed by atoms with E-state index in [0.717, 1.165) is 12.1 Å². The van der Waals surface area contributed by atoms with Crippen LogP contribution in [0.25, 0.3) is 28.0 Å². The Balaban J connectivity index is 1.66. The molecule has 1 aliphatic heterocycles. The summed E-state index contributed by atoms with van der Waals surface area (Å²) >= 11 is 0. The van der Waals surface area contributed by atoms with Crippen LogP contribution in [-0.4, -0.2) is 50.6 Å². The van der Waals surface area contributed by atoms with E-state index in [-0.39, 0.29) is 28.8 Å². The summed E-state index contributed by atoms with van der Waals surface area (Å²) in [6, 6.07) is 13.9. The van der Waals surface area contributed by atoms with E-state index in [1.165, 1.54) is 24.3 Å². The number of amides is 1. The first kappa shape index (κ1) is 21.2. The number of fused-ring (bicyclic) bond motifs is 1. The third kappa shape index (κ3) is 3.98. The molecule has 168 valence electrons. The van der Waals surface area contributed by atoms with Crippen LogP contribution < -0.4 is 5.32 Å². The van der Waals surface area contributed by atoms with E-state index in [0.29, 0.717) is 35.6 Å². The van der Waals surface area contributed by atoms with Gasteiger partial charge in [-0.3, -0.25) is 4.79 Å². The van der Waals surface area contributed by atoms with Gasteiger partial charge in [0, 0.05) is 30.8 Å². The first-order valence-electron chi connectivity index (χ1n) is 10.8. The molecule has 6 nitrogen and oxygen atoms in total. The monoisotopic (exact) mass is 447 g/mol. The summed E-state index contributed by atoms with van der Waals surface area (Å²) in [6.07, 6.45) is 1.62. The quantitative estimate of drug-likeness (QED) is 0.512. The van der Waals surface area contributed by atoms with Gasteiger partial charge in [0.05, 0.1) is 17.4 Å². The third-order valence-corrected chi connectivity index (χ3v) is 5.99. The fraction of sp³-hybridized carbons (Fsp3) is 0.240. The Hall–Kier alpha value is -3.65. The van der Waals surface area contributed by atoms with Crippen molar-refractivity contribution >= 4 is 11.6 Å². The van der Waals surface area contributed by atoms with Gasteiger partial charge in [0.15, 0.2) is 5.65 Å². The lowest BCUT2D eigenvalue weighted by atomic mass is 10.00. The lowest BCUT2D eigenvalue weighted by Gasteiger charge is -2.42. The smallest absolute Gasteiger partial charge is 0.274 e. The first-order valence-corrected chi connectivity index (χ1v) is 10.8. The van der Waals surface area contributed by atoms with Gasteiger partial charge < -0.3 is 10.2 Å². The predicted octanol–water partition coefficient (Wildman–Crippen LogP) is 4.17. The second-order valence-corrected chi connectivity index (χ2v) is 8.80. The van der Waals surface area contributed by atoms with Crippen molar-refractivity contribution in [2.24, 2.45) is 0 Å². The molecule has 1 aliphatic rings. The van der Waals surface area contributed by atoms with Crippen LogP contribution in [0.2, 0.25) is 0 Å². The molecule has 8 heteroatoms. The second kappa shape index (κ2) is 8.04. The van der Waals surface area contributed by atoms with E-state index in [1.807, 2.05) is 24.8 Å². The van der Waals surface area contributed by atoms with Crippen molar-refractivity contribution in [3.8, 4) is 22.4 Å². The molecule has 1 amide bonds. The molecule has 1 saturated heterocycles. The Morgan fingerprint density at radius 3 is 2.27 bits per heavy atom. The van der Waals surface area contributed by atoms with E-state index in [9.17, 15) is 13.6 Å². The molecule has 3 heterocycles. The van der Waals surface area contributed by atoms with Gasteiger partial charge >= 0.3 is 0 Å². The summed E-state index contributed by atoms with van der Waals surface area (Å²) < 4.78 is 28.6. The van der Waals surface area contributed by atoms with Crippen molar-refractivity contribution in [3.05, 3.63) is 78.1 Å². The number of piperazine rings is 1. The van der Waals surface area contributed by atoms with Crippen LogP contribution in [0.4, 0.5) is 8.78 Å². The highest BCUT2D eigenvalue weighted by Gasteiger charge is 2.35. The van der Waals surface area contributed by atoms with Gasteiger partial charge in [-0.15, -0.1) is 0 Å². The van der Waals surface area contributed by atoms with Gasteiger partial charge in [0.1, 0.15) is 17.3 Å². The summed E-state index contributed by atoms with van der Waals surface area (Å²) in [5.41, 5.74) is 3.16. The fourth-order valence-electron chi connectivity index (χ4n) is 4.18. The van der Waals surface area contributed by atoms with E-state index in [1.54, 1.807) is 35.0 Å². The predicted molar refractivity (Wildman–Crippen MR) is 122 cm³/mol. The molecule has 33 heavy (non-hydrogen) atoms. The lowest BCUT2D eigenvalue weighted by molar-refractivity contribution is 0.0472. The van der Waals surface area contributed by atoms with Gasteiger partial charge in [-0.1, -0.05) is 12.1 Å². The summed E-state index contributed by atoms with van der Waals surface area (Å²) in [6.45, 7) is 6.03. The highest BCUT2D eigenvalue weighted by molar-refractivity contribution is 5.94. The molecule has 0 bridgehead atoms. The maximum absolute atomic E-state index is 13.6. The molecule has 0 spiro atoms. The highest BCUT2D eigenvalue weighted by atomic mass is 19.1. The van der Waals surface area contributed by atoms with Crippen LogP contribution in [0, 0.1) is 11.6 Å². The number of hydrogen-bond acceptors (Lipinski definition) is 4. The molecular weight excluding hydrogens is 424 g/mol. The minimum Gasteiger partial charge on any atom is -0.330 e. The summed E-state index contributed by atoms with van der Waals surface area (Å²) in [5, 5.41) is 7.95.